The number of rotatable bonds is 1. The van der Waals surface area contributed by atoms with Crippen LogP contribution in [-0.4, -0.2) is 11.3 Å². The summed E-state index contributed by atoms with van der Waals surface area (Å²) in [7, 11) is 0. The average Bonchev–Trinajstić information content (AvgIpc) is 2.58. The van der Waals surface area contributed by atoms with E-state index in [1.807, 2.05) is 13.0 Å². The number of nitrogens with zero attached hydrogens (tertiary/aromatic N) is 1. The van der Waals surface area contributed by atoms with E-state index in [9.17, 15) is 13.6 Å². The molecule has 132 valence electrons. The standard InChI is InChI=1S/C21H17F2NO2/c1-12-10-18(25)26-17-9-8-13(11-15(12)17)19-14-6-4-5-7-16(14)21(22,23)20(2,3)24-19/h4-11H,1-3H3. The molecule has 0 unspecified atom stereocenters. The quantitative estimate of drug-likeness (QED) is 0.589. The van der Waals surface area contributed by atoms with Gasteiger partial charge in [-0.1, -0.05) is 24.3 Å². The van der Waals surface area contributed by atoms with Gasteiger partial charge >= 0.3 is 5.63 Å². The van der Waals surface area contributed by atoms with E-state index in [1.54, 1.807) is 30.3 Å². The van der Waals surface area contributed by atoms with E-state index < -0.39 is 17.1 Å². The summed E-state index contributed by atoms with van der Waals surface area (Å²) in [6.45, 7) is 4.69. The molecule has 0 saturated carbocycles. The van der Waals surface area contributed by atoms with Crippen molar-refractivity contribution in [1.82, 2.24) is 0 Å². The first kappa shape index (κ1) is 16.6. The highest BCUT2D eigenvalue weighted by Gasteiger charge is 2.52. The first-order valence-electron chi connectivity index (χ1n) is 8.33. The van der Waals surface area contributed by atoms with Crippen LogP contribution in [0.5, 0.6) is 0 Å². The Morgan fingerprint density at radius 2 is 1.77 bits per heavy atom. The molecule has 3 nitrogen and oxygen atoms in total. The van der Waals surface area contributed by atoms with E-state index in [-0.39, 0.29) is 5.56 Å². The molecule has 0 spiro atoms. The van der Waals surface area contributed by atoms with Crippen LogP contribution in [0.15, 0.2) is 62.7 Å². The first-order valence-corrected chi connectivity index (χ1v) is 8.33. The number of fused-ring (bicyclic) bond motifs is 2. The number of hydrogen-bond donors (Lipinski definition) is 0. The van der Waals surface area contributed by atoms with Crippen molar-refractivity contribution in [2.75, 3.05) is 0 Å². The topological polar surface area (TPSA) is 42.6 Å². The molecule has 0 saturated heterocycles. The third-order valence-electron chi connectivity index (χ3n) is 4.90. The van der Waals surface area contributed by atoms with Gasteiger partial charge in [0.15, 0.2) is 0 Å². The van der Waals surface area contributed by atoms with E-state index in [0.717, 1.165) is 10.9 Å². The van der Waals surface area contributed by atoms with Crippen molar-refractivity contribution in [2.45, 2.75) is 32.2 Å². The molecular weight excluding hydrogens is 336 g/mol. The lowest BCUT2D eigenvalue weighted by Gasteiger charge is -2.37. The average molecular weight is 353 g/mol. The monoisotopic (exact) mass is 353 g/mol. The zero-order valence-corrected chi connectivity index (χ0v) is 14.6. The van der Waals surface area contributed by atoms with Gasteiger partial charge in [-0.3, -0.25) is 4.99 Å². The molecule has 0 atom stereocenters. The number of aliphatic imine (C=N–C) groups is 1. The van der Waals surface area contributed by atoms with Crippen molar-refractivity contribution in [2.24, 2.45) is 4.99 Å². The van der Waals surface area contributed by atoms with Crippen molar-refractivity contribution >= 4 is 16.7 Å². The summed E-state index contributed by atoms with van der Waals surface area (Å²) in [6, 6.07) is 13.2. The Balaban J connectivity index is 1.99. The summed E-state index contributed by atoms with van der Waals surface area (Å²) in [4.78, 5) is 15.9. The predicted molar refractivity (Wildman–Crippen MR) is 97.3 cm³/mol. The van der Waals surface area contributed by atoms with Gasteiger partial charge in [-0.25, -0.2) is 4.79 Å². The third-order valence-corrected chi connectivity index (χ3v) is 4.90. The van der Waals surface area contributed by atoms with Gasteiger partial charge in [0.25, 0.3) is 5.92 Å². The van der Waals surface area contributed by atoms with E-state index >= 15 is 0 Å². The molecule has 1 aliphatic heterocycles. The first-order chi connectivity index (χ1) is 12.2. The maximum Gasteiger partial charge on any atom is 0.336 e. The highest BCUT2D eigenvalue weighted by molar-refractivity contribution is 6.16. The molecule has 0 radical (unpaired) electrons. The number of alkyl halides is 2. The minimum absolute atomic E-state index is 0.0218. The summed E-state index contributed by atoms with van der Waals surface area (Å²) in [5, 5.41) is 0.762. The van der Waals surface area contributed by atoms with Crippen molar-refractivity contribution in [3.63, 3.8) is 0 Å². The smallest absolute Gasteiger partial charge is 0.336 e. The molecule has 0 bridgehead atoms. The highest BCUT2D eigenvalue weighted by Crippen LogP contribution is 2.46. The number of aryl methyl sites for hydroxylation is 1. The van der Waals surface area contributed by atoms with Gasteiger partial charge in [0.1, 0.15) is 11.1 Å². The summed E-state index contributed by atoms with van der Waals surface area (Å²) < 4.78 is 35.0. The van der Waals surface area contributed by atoms with E-state index in [0.29, 0.717) is 22.4 Å². The largest absolute Gasteiger partial charge is 0.423 e. The number of hydrogen-bond acceptors (Lipinski definition) is 3. The lowest BCUT2D eigenvalue weighted by Crippen LogP contribution is -2.44. The zero-order chi connectivity index (χ0) is 18.7. The molecule has 4 rings (SSSR count). The normalized spacial score (nSPS) is 17.7. The lowest BCUT2D eigenvalue weighted by atomic mass is 9.81. The Bertz CT molecular complexity index is 1130. The highest BCUT2D eigenvalue weighted by atomic mass is 19.3. The molecular formula is C21H17F2NO2. The van der Waals surface area contributed by atoms with Crippen molar-refractivity contribution in [3.8, 4) is 0 Å². The van der Waals surface area contributed by atoms with Gasteiger partial charge < -0.3 is 4.42 Å². The number of halogens is 2. The van der Waals surface area contributed by atoms with Gasteiger partial charge in [-0.2, -0.15) is 8.78 Å². The van der Waals surface area contributed by atoms with Crippen molar-refractivity contribution in [3.05, 3.63) is 81.2 Å². The van der Waals surface area contributed by atoms with Crippen LogP contribution in [0.25, 0.3) is 11.0 Å². The molecule has 0 amide bonds. The Kier molecular flexibility index (Phi) is 3.41. The molecule has 1 aliphatic rings. The Morgan fingerprint density at radius 1 is 1.04 bits per heavy atom. The van der Waals surface area contributed by atoms with Crippen LogP contribution >= 0.6 is 0 Å². The zero-order valence-electron chi connectivity index (χ0n) is 14.6. The van der Waals surface area contributed by atoms with Gasteiger partial charge in [0.2, 0.25) is 0 Å². The van der Waals surface area contributed by atoms with Gasteiger partial charge in [-0.05, 0) is 44.5 Å². The minimum Gasteiger partial charge on any atom is -0.423 e. The molecule has 1 aromatic heterocycles. The second-order valence-corrected chi connectivity index (χ2v) is 7.10. The summed E-state index contributed by atoms with van der Waals surface area (Å²) in [5.74, 6) is -3.06. The molecule has 0 fully saturated rings. The summed E-state index contributed by atoms with van der Waals surface area (Å²) in [6.07, 6.45) is 0. The van der Waals surface area contributed by atoms with Gasteiger partial charge in [-0.15, -0.1) is 0 Å². The molecule has 0 N–H and O–H groups in total. The second-order valence-electron chi connectivity index (χ2n) is 7.10. The minimum atomic E-state index is -3.06. The molecule has 3 aromatic rings. The SMILES string of the molecule is Cc1cc(=O)oc2ccc(C3=NC(C)(C)C(F)(F)c4ccccc43)cc12. The Hall–Kier alpha value is -2.82. The molecule has 2 heterocycles. The fourth-order valence-electron chi connectivity index (χ4n) is 3.39. The fraction of sp³-hybridized carbons (Fsp3) is 0.238. The van der Waals surface area contributed by atoms with Gasteiger partial charge in [0, 0.05) is 28.1 Å². The number of benzene rings is 2. The van der Waals surface area contributed by atoms with Crippen LogP contribution in [0.2, 0.25) is 0 Å². The van der Waals surface area contributed by atoms with E-state index in [2.05, 4.69) is 4.99 Å². The maximum absolute atomic E-state index is 14.9. The van der Waals surface area contributed by atoms with Crippen LogP contribution in [0.1, 0.15) is 36.1 Å². The van der Waals surface area contributed by atoms with E-state index in [1.165, 1.54) is 26.0 Å². The van der Waals surface area contributed by atoms with Crippen molar-refractivity contribution < 1.29 is 13.2 Å². The third kappa shape index (κ3) is 2.30. The van der Waals surface area contributed by atoms with E-state index in [4.69, 9.17) is 4.42 Å². The fourth-order valence-corrected chi connectivity index (χ4v) is 3.39. The van der Waals surface area contributed by atoms with Crippen LogP contribution in [-0.2, 0) is 5.92 Å². The Morgan fingerprint density at radius 3 is 2.54 bits per heavy atom. The summed E-state index contributed by atoms with van der Waals surface area (Å²) in [5.41, 5.74) is 0.889. The van der Waals surface area contributed by atoms with Crippen LogP contribution in [0.3, 0.4) is 0 Å². The second kappa shape index (κ2) is 5.34. The molecule has 0 aliphatic carbocycles. The molecule has 26 heavy (non-hydrogen) atoms. The lowest BCUT2D eigenvalue weighted by molar-refractivity contribution is -0.0681. The van der Waals surface area contributed by atoms with Crippen LogP contribution in [0, 0.1) is 6.92 Å². The molecule has 2 aromatic carbocycles. The van der Waals surface area contributed by atoms with Crippen LogP contribution < -0.4 is 5.63 Å². The van der Waals surface area contributed by atoms with Crippen molar-refractivity contribution in [1.29, 1.82) is 0 Å². The summed E-state index contributed by atoms with van der Waals surface area (Å²) >= 11 is 0. The predicted octanol–water partition coefficient (Wildman–Crippen LogP) is 4.82. The van der Waals surface area contributed by atoms with Crippen LogP contribution in [0.4, 0.5) is 8.78 Å². The molecule has 5 heteroatoms. The van der Waals surface area contributed by atoms with Gasteiger partial charge in [0.05, 0.1) is 5.71 Å². The Labute approximate surface area is 149 Å². The maximum atomic E-state index is 14.9.